The van der Waals surface area contributed by atoms with E-state index in [1.165, 1.54) is 18.6 Å². The van der Waals surface area contributed by atoms with Gasteiger partial charge in [-0.3, -0.25) is 0 Å². The molecule has 3 N–H and O–H groups in total. The van der Waals surface area contributed by atoms with Crippen LogP contribution in [0.1, 0.15) is 30.6 Å². The molecule has 7 heteroatoms. The lowest BCUT2D eigenvalue weighted by atomic mass is 10.2. The minimum atomic E-state index is -0.455. The van der Waals surface area contributed by atoms with Crippen LogP contribution in [-0.4, -0.2) is 48.5 Å². The minimum Gasteiger partial charge on any atom is -0.465 e. The maximum atomic E-state index is 11.6. The predicted molar refractivity (Wildman–Crippen MR) is 78.7 cm³/mol. The summed E-state index contributed by atoms with van der Waals surface area (Å²) in [6.45, 7) is 5.96. The fraction of sp³-hybridized carbons (Fsp3) is 0.667. The van der Waals surface area contributed by atoms with Gasteiger partial charge in [-0.15, -0.1) is 0 Å². The number of anilines is 2. The number of nitrogen functional groups attached to an aromatic ring is 1. The summed E-state index contributed by atoms with van der Waals surface area (Å²) in [6, 6.07) is 0.536. The molecule has 0 spiro atoms. The van der Waals surface area contributed by atoms with Crippen molar-refractivity contribution in [2.75, 3.05) is 38.3 Å². The number of hydrogen-bond acceptors (Lipinski definition) is 7. The van der Waals surface area contributed by atoms with Crippen molar-refractivity contribution in [1.29, 1.82) is 0 Å². The molecule has 1 atom stereocenters. The highest BCUT2D eigenvalue weighted by Crippen LogP contribution is 2.27. The summed E-state index contributed by atoms with van der Waals surface area (Å²) < 4.78 is 8.67. The van der Waals surface area contributed by atoms with E-state index in [4.69, 9.17) is 10.5 Å². The first kappa shape index (κ1) is 15.7. The van der Waals surface area contributed by atoms with E-state index in [0.29, 0.717) is 16.6 Å². The molecule has 0 aliphatic heterocycles. The average Bonchev–Trinajstić information content (AvgIpc) is 2.78. The number of esters is 1. The first-order valence-corrected chi connectivity index (χ1v) is 7.06. The predicted octanol–water partition coefficient (Wildman–Crippen LogP) is 1.65. The molecule has 0 amide bonds. The number of likely N-dealkylation sites (N-methyl/N-ethyl adjacent to an activating group) is 1. The number of carbonyl (C=O) groups is 1. The van der Waals surface area contributed by atoms with Gasteiger partial charge in [0.05, 0.1) is 7.11 Å². The van der Waals surface area contributed by atoms with Crippen LogP contribution in [0, 0.1) is 0 Å². The highest BCUT2D eigenvalue weighted by Gasteiger charge is 2.19. The molecule has 0 bridgehead atoms. The van der Waals surface area contributed by atoms with Gasteiger partial charge in [-0.2, -0.15) is 4.37 Å². The van der Waals surface area contributed by atoms with Crippen molar-refractivity contribution in [3.8, 4) is 0 Å². The molecule has 108 valence electrons. The van der Waals surface area contributed by atoms with E-state index in [0.717, 1.165) is 19.5 Å². The third-order valence-electron chi connectivity index (χ3n) is 3.20. The van der Waals surface area contributed by atoms with Crippen molar-refractivity contribution in [2.45, 2.75) is 26.3 Å². The third-order valence-corrected chi connectivity index (χ3v) is 4.02. The molecular weight excluding hydrogens is 264 g/mol. The molecule has 1 aromatic rings. The van der Waals surface area contributed by atoms with Crippen LogP contribution in [0.25, 0.3) is 0 Å². The van der Waals surface area contributed by atoms with E-state index in [-0.39, 0.29) is 5.82 Å². The Morgan fingerprint density at radius 1 is 1.63 bits per heavy atom. The summed E-state index contributed by atoms with van der Waals surface area (Å²) in [7, 11) is 3.41. The van der Waals surface area contributed by atoms with Crippen LogP contribution in [0.15, 0.2) is 0 Å². The van der Waals surface area contributed by atoms with Crippen molar-refractivity contribution in [2.24, 2.45) is 0 Å². The molecule has 0 radical (unpaired) electrons. The Hall–Kier alpha value is -1.34. The van der Waals surface area contributed by atoms with Gasteiger partial charge >= 0.3 is 5.97 Å². The summed E-state index contributed by atoms with van der Waals surface area (Å²) in [5.41, 5.74) is 6.00. The van der Waals surface area contributed by atoms with Gasteiger partial charge in [-0.25, -0.2) is 4.79 Å². The van der Waals surface area contributed by atoms with Gasteiger partial charge in [-0.05, 0) is 31.9 Å². The zero-order valence-electron chi connectivity index (χ0n) is 11.9. The Balaban J connectivity index is 2.57. The van der Waals surface area contributed by atoms with Crippen LogP contribution in [0.4, 0.5) is 10.8 Å². The smallest absolute Gasteiger partial charge is 0.344 e. The maximum absolute atomic E-state index is 11.6. The molecule has 0 fully saturated rings. The number of methoxy groups -OCH3 is 1. The lowest BCUT2D eigenvalue weighted by Gasteiger charge is -2.23. The highest BCUT2D eigenvalue weighted by atomic mass is 32.1. The van der Waals surface area contributed by atoms with E-state index in [2.05, 4.69) is 35.5 Å². The fourth-order valence-corrected chi connectivity index (χ4v) is 2.33. The Morgan fingerprint density at radius 2 is 2.32 bits per heavy atom. The van der Waals surface area contributed by atoms with Gasteiger partial charge < -0.3 is 20.7 Å². The van der Waals surface area contributed by atoms with Gasteiger partial charge in [0.2, 0.25) is 0 Å². The van der Waals surface area contributed by atoms with E-state index in [9.17, 15) is 4.79 Å². The molecule has 1 aromatic heterocycles. The number of aromatic nitrogens is 1. The van der Waals surface area contributed by atoms with Crippen molar-refractivity contribution < 1.29 is 9.53 Å². The summed E-state index contributed by atoms with van der Waals surface area (Å²) in [5, 5.41) is 3.86. The van der Waals surface area contributed by atoms with Gasteiger partial charge in [0.25, 0.3) is 0 Å². The van der Waals surface area contributed by atoms with Crippen molar-refractivity contribution in [3.63, 3.8) is 0 Å². The molecule has 0 aliphatic carbocycles. The van der Waals surface area contributed by atoms with Crippen LogP contribution >= 0.6 is 11.5 Å². The number of hydrogen-bond donors (Lipinski definition) is 2. The summed E-state index contributed by atoms with van der Waals surface area (Å²) in [6.07, 6.45) is 1.11. The summed E-state index contributed by atoms with van der Waals surface area (Å²) in [5.74, 6) is -0.237. The largest absolute Gasteiger partial charge is 0.465 e. The van der Waals surface area contributed by atoms with E-state index in [1.807, 2.05) is 0 Å². The molecule has 0 aromatic carbocycles. The van der Waals surface area contributed by atoms with Crippen molar-refractivity contribution in [1.82, 2.24) is 9.27 Å². The summed E-state index contributed by atoms with van der Waals surface area (Å²) in [4.78, 5) is 13.8. The number of ether oxygens (including phenoxy) is 1. The number of nitrogens with zero attached hydrogens (tertiary/aromatic N) is 2. The topological polar surface area (TPSA) is 80.5 Å². The Labute approximate surface area is 118 Å². The normalized spacial score (nSPS) is 12.5. The zero-order valence-corrected chi connectivity index (χ0v) is 12.7. The first-order chi connectivity index (χ1) is 9.01. The standard InChI is InChI=1S/C12H22N4O2S/c1-5-8(2)16(3)7-6-14-11-9(12(17)18-4)10(13)15-19-11/h8,14H,5-7H2,1-4H3,(H2,13,15). The molecule has 19 heavy (non-hydrogen) atoms. The van der Waals surface area contributed by atoms with Crippen LogP contribution < -0.4 is 11.1 Å². The Kier molecular flexibility index (Phi) is 6.04. The molecule has 0 aliphatic rings. The number of nitrogens with two attached hydrogens (primary N) is 1. The molecule has 0 saturated heterocycles. The van der Waals surface area contributed by atoms with Crippen LogP contribution in [0.5, 0.6) is 0 Å². The molecule has 0 saturated carbocycles. The SMILES string of the molecule is CCC(C)N(C)CCNc1snc(N)c1C(=O)OC. The third kappa shape index (κ3) is 4.07. The van der Waals surface area contributed by atoms with E-state index < -0.39 is 5.97 Å². The van der Waals surface area contributed by atoms with Crippen LogP contribution in [-0.2, 0) is 4.74 Å². The number of nitrogens with one attached hydrogen (secondary N) is 1. The van der Waals surface area contributed by atoms with Gasteiger partial charge in [0.1, 0.15) is 10.6 Å². The van der Waals surface area contributed by atoms with Crippen LogP contribution in [0.2, 0.25) is 0 Å². The first-order valence-electron chi connectivity index (χ1n) is 6.28. The fourth-order valence-electron chi connectivity index (χ4n) is 1.60. The second kappa shape index (κ2) is 7.30. The second-order valence-corrected chi connectivity index (χ2v) is 5.20. The Morgan fingerprint density at radius 3 is 2.89 bits per heavy atom. The maximum Gasteiger partial charge on any atom is 0.344 e. The molecule has 6 nitrogen and oxygen atoms in total. The number of carbonyl (C=O) groups excluding carboxylic acids is 1. The lowest BCUT2D eigenvalue weighted by Crippen LogP contribution is -2.32. The van der Waals surface area contributed by atoms with Crippen molar-refractivity contribution >= 4 is 28.3 Å². The van der Waals surface area contributed by atoms with Crippen molar-refractivity contribution in [3.05, 3.63) is 5.56 Å². The second-order valence-electron chi connectivity index (χ2n) is 4.43. The quantitative estimate of drug-likeness (QED) is 0.742. The highest BCUT2D eigenvalue weighted by molar-refractivity contribution is 7.11. The van der Waals surface area contributed by atoms with Crippen LogP contribution in [0.3, 0.4) is 0 Å². The Bertz CT molecular complexity index is 422. The molecule has 1 heterocycles. The van der Waals surface area contributed by atoms with Gasteiger partial charge in [0.15, 0.2) is 5.82 Å². The van der Waals surface area contributed by atoms with E-state index >= 15 is 0 Å². The van der Waals surface area contributed by atoms with Gasteiger partial charge in [0, 0.05) is 19.1 Å². The number of rotatable bonds is 7. The monoisotopic (exact) mass is 286 g/mol. The zero-order chi connectivity index (χ0) is 14.4. The molecular formula is C12H22N4O2S. The van der Waals surface area contributed by atoms with Gasteiger partial charge in [-0.1, -0.05) is 6.92 Å². The molecule has 1 unspecified atom stereocenters. The summed E-state index contributed by atoms with van der Waals surface area (Å²) >= 11 is 1.18. The molecule has 1 rings (SSSR count). The lowest BCUT2D eigenvalue weighted by molar-refractivity contribution is 0.0603. The average molecular weight is 286 g/mol. The minimum absolute atomic E-state index is 0.217. The van der Waals surface area contributed by atoms with E-state index in [1.54, 1.807) is 0 Å².